The van der Waals surface area contributed by atoms with E-state index in [1.54, 1.807) is 36.8 Å². The van der Waals surface area contributed by atoms with E-state index in [0.717, 1.165) is 11.1 Å². The zero-order valence-corrected chi connectivity index (χ0v) is 10.8. The summed E-state index contributed by atoms with van der Waals surface area (Å²) in [5.41, 5.74) is 4.18. The molecule has 2 rings (SSSR count). The Bertz CT molecular complexity index is 567. The van der Waals surface area contributed by atoms with Crippen LogP contribution in [0.4, 0.5) is 0 Å². The van der Waals surface area contributed by atoms with Crippen molar-refractivity contribution in [2.75, 3.05) is 0 Å². The summed E-state index contributed by atoms with van der Waals surface area (Å²) in [5.74, 6) is -0.182. The first-order valence-electron chi connectivity index (χ1n) is 5.70. The highest BCUT2D eigenvalue weighted by molar-refractivity contribution is 6.30. The van der Waals surface area contributed by atoms with Crippen molar-refractivity contribution < 1.29 is 4.79 Å². The van der Waals surface area contributed by atoms with Gasteiger partial charge in [-0.3, -0.25) is 9.78 Å². The number of amides is 1. The molecule has 0 bridgehead atoms. The van der Waals surface area contributed by atoms with Gasteiger partial charge in [-0.05, 0) is 29.3 Å². The minimum Gasteiger partial charge on any atom is -0.273 e. The number of hydrogen-bond acceptors (Lipinski definition) is 3. The zero-order chi connectivity index (χ0) is 13.5. The van der Waals surface area contributed by atoms with Gasteiger partial charge in [-0.25, -0.2) is 5.43 Å². The molecule has 0 saturated carbocycles. The number of benzene rings is 1. The van der Waals surface area contributed by atoms with Crippen molar-refractivity contribution in [1.82, 2.24) is 10.4 Å². The average Bonchev–Trinajstić information content (AvgIpc) is 2.42. The van der Waals surface area contributed by atoms with E-state index in [4.69, 9.17) is 11.6 Å². The maximum absolute atomic E-state index is 11.6. The normalized spacial score (nSPS) is 10.6. The molecule has 0 saturated heterocycles. The largest absolute Gasteiger partial charge is 0.273 e. The van der Waals surface area contributed by atoms with Crippen molar-refractivity contribution >= 4 is 23.7 Å². The van der Waals surface area contributed by atoms with Gasteiger partial charge in [0, 0.05) is 17.4 Å². The second kappa shape index (κ2) is 6.66. The predicted octanol–water partition coefficient (Wildman–Crippen LogP) is 2.43. The first-order chi connectivity index (χ1) is 9.24. The van der Waals surface area contributed by atoms with Crippen LogP contribution in [0, 0.1) is 0 Å². The Morgan fingerprint density at radius 3 is 2.79 bits per heavy atom. The summed E-state index contributed by atoms with van der Waals surface area (Å²) in [6.07, 6.45) is 5.14. The van der Waals surface area contributed by atoms with Crippen LogP contribution in [0.5, 0.6) is 0 Å². The molecule has 0 spiro atoms. The van der Waals surface area contributed by atoms with Gasteiger partial charge in [0.05, 0.1) is 12.6 Å². The van der Waals surface area contributed by atoms with Crippen LogP contribution >= 0.6 is 11.6 Å². The maximum atomic E-state index is 11.6. The second-order valence-electron chi connectivity index (χ2n) is 3.88. The summed E-state index contributed by atoms with van der Waals surface area (Å²) in [6.45, 7) is 0. The van der Waals surface area contributed by atoms with Gasteiger partial charge in [-0.1, -0.05) is 29.8 Å². The molecule has 0 radical (unpaired) electrons. The molecule has 0 unspecified atom stereocenters. The van der Waals surface area contributed by atoms with E-state index in [1.165, 1.54) is 0 Å². The molecule has 0 aliphatic carbocycles. The number of aromatic nitrogens is 1. The van der Waals surface area contributed by atoms with Gasteiger partial charge in [0.25, 0.3) is 0 Å². The standard InChI is InChI=1S/C14H12ClN3O/c15-13-5-3-11(4-6-13)10-17-18-14(19)8-12-2-1-7-16-9-12/h1-7,9-10H,8H2,(H,18,19). The van der Waals surface area contributed by atoms with Gasteiger partial charge in [-0.2, -0.15) is 5.10 Å². The topological polar surface area (TPSA) is 54.4 Å². The van der Waals surface area contributed by atoms with Gasteiger partial charge >= 0.3 is 0 Å². The number of hydrazone groups is 1. The molecule has 1 amide bonds. The Morgan fingerprint density at radius 1 is 1.32 bits per heavy atom. The lowest BCUT2D eigenvalue weighted by Crippen LogP contribution is -2.19. The highest BCUT2D eigenvalue weighted by atomic mass is 35.5. The van der Waals surface area contributed by atoms with Crippen molar-refractivity contribution in [3.63, 3.8) is 0 Å². The Morgan fingerprint density at radius 2 is 2.11 bits per heavy atom. The van der Waals surface area contributed by atoms with Crippen LogP contribution in [-0.4, -0.2) is 17.1 Å². The third kappa shape index (κ3) is 4.52. The average molecular weight is 274 g/mol. The van der Waals surface area contributed by atoms with Crippen LogP contribution in [0.25, 0.3) is 0 Å². The van der Waals surface area contributed by atoms with Gasteiger partial charge in [0.15, 0.2) is 0 Å². The molecule has 1 N–H and O–H groups in total. The van der Waals surface area contributed by atoms with Crippen LogP contribution < -0.4 is 5.43 Å². The summed E-state index contributed by atoms with van der Waals surface area (Å²) in [6, 6.07) is 10.8. The number of pyridine rings is 1. The predicted molar refractivity (Wildman–Crippen MR) is 75.1 cm³/mol. The highest BCUT2D eigenvalue weighted by Crippen LogP contribution is 2.07. The maximum Gasteiger partial charge on any atom is 0.244 e. The van der Waals surface area contributed by atoms with Crippen LogP contribution in [0.15, 0.2) is 53.9 Å². The summed E-state index contributed by atoms with van der Waals surface area (Å²) in [5, 5.41) is 4.54. The fourth-order valence-electron chi connectivity index (χ4n) is 1.46. The minimum atomic E-state index is -0.182. The molecule has 1 aromatic carbocycles. The molecule has 0 atom stereocenters. The van der Waals surface area contributed by atoms with Crippen molar-refractivity contribution in [2.45, 2.75) is 6.42 Å². The van der Waals surface area contributed by atoms with Crippen molar-refractivity contribution in [3.8, 4) is 0 Å². The Balaban J connectivity index is 1.85. The Labute approximate surface area is 116 Å². The molecule has 0 fully saturated rings. The molecular weight excluding hydrogens is 262 g/mol. The van der Waals surface area contributed by atoms with Crippen molar-refractivity contribution in [3.05, 3.63) is 64.9 Å². The third-order valence-corrected chi connectivity index (χ3v) is 2.61. The molecular formula is C14H12ClN3O. The molecule has 0 aliphatic rings. The van der Waals surface area contributed by atoms with Crippen LogP contribution in [0.3, 0.4) is 0 Å². The summed E-state index contributed by atoms with van der Waals surface area (Å²) in [4.78, 5) is 15.5. The molecule has 1 aromatic heterocycles. The van der Waals surface area contributed by atoms with Gasteiger partial charge < -0.3 is 0 Å². The lowest BCUT2D eigenvalue weighted by atomic mass is 10.2. The van der Waals surface area contributed by atoms with E-state index >= 15 is 0 Å². The summed E-state index contributed by atoms with van der Waals surface area (Å²) >= 11 is 5.77. The number of carbonyl (C=O) groups excluding carboxylic acids is 1. The molecule has 96 valence electrons. The molecule has 2 aromatic rings. The number of hydrogen-bond donors (Lipinski definition) is 1. The van der Waals surface area contributed by atoms with Crippen LogP contribution in [0.2, 0.25) is 5.02 Å². The molecule has 19 heavy (non-hydrogen) atoms. The first-order valence-corrected chi connectivity index (χ1v) is 6.08. The van der Waals surface area contributed by atoms with Crippen LogP contribution in [-0.2, 0) is 11.2 Å². The van der Waals surface area contributed by atoms with Crippen LogP contribution in [0.1, 0.15) is 11.1 Å². The number of nitrogens with one attached hydrogen (secondary N) is 1. The summed E-state index contributed by atoms with van der Waals surface area (Å²) in [7, 11) is 0. The van der Waals surface area contributed by atoms with Crippen molar-refractivity contribution in [2.24, 2.45) is 5.10 Å². The van der Waals surface area contributed by atoms with Gasteiger partial charge in [0.1, 0.15) is 0 Å². The van der Waals surface area contributed by atoms with Gasteiger partial charge in [-0.15, -0.1) is 0 Å². The fraction of sp³-hybridized carbons (Fsp3) is 0.0714. The van der Waals surface area contributed by atoms with E-state index in [9.17, 15) is 4.79 Å². The molecule has 1 heterocycles. The summed E-state index contributed by atoms with van der Waals surface area (Å²) < 4.78 is 0. The Kier molecular flexibility index (Phi) is 4.64. The van der Waals surface area contributed by atoms with E-state index in [2.05, 4.69) is 15.5 Å². The Hall–Kier alpha value is -2.20. The molecule has 0 aliphatic heterocycles. The third-order valence-electron chi connectivity index (χ3n) is 2.36. The smallest absolute Gasteiger partial charge is 0.244 e. The second-order valence-corrected chi connectivity index (χ2v) is 4.32. The zero-order valence-electron chi connectivity index (χ0n) is 10.1. The lowest BCUT2D eigenvalue weighted by molar-refractivity contribution is -0.120. The quantitative estimate of drug-likeness (QED) is 0.687. The monoisotopic (exact) mass is 273 g/mol. The number of rotatable bonds is 4. The minimum absolute atomic E-state index is 0.182. The SMILES string of the molecule is O=C(Cc1cccnc1)NN=Cc1ccc(Cl)cc1. The number of nitrogens with zero attached hydrogens (tertiary/aromatic N) is 2. The number of halogens is 1. The molecule has 4 nitrogen and oxygen atoms in total. The molecule has 5 heteroatoms. The first kappa shape index (κ1) is 13.2. The highest BCUT2D eigenvalue weighted by Gasteiger charge is 2.01. The van der Waals surface area contributed by atoms with E-state index in [-0.39, 0.29) is 12.3 Å². The van der Waals surface area contributed by atoms with E-state index < -0.39 is 0 Å². The van der Waals surface area contributed by atoms with E-state index in [0.29, 0.717) is 5.02 Å². The lowest BCUT2D eigenvalue weighted by Gasteiger charge is -1.99. The van der Waals surface area contributed by atoms with Crippen molar-refractivity contribution in [1.29, 1.82) is 0 Å². The van der Waals surface area contributed by atoms with Gasteiger partial charge in [0.2, 0.25) is 5.91 Å². The number of carbonyl (C=O) groups is 1. The fourth-order valence-corrected chi connectivity index (χ4v) is 1.58. The van der Waals surface area contributed by atoms with E-state index in [1.807, 2.05) is 18.2 Å².